The largest absolute Gasteiger partial charge is 0.468 e. The van der Waals surface area contributed by atoms with Gasteiger partial charge in [-0.3, -0.25) is 4.79 Å². The number of benzene rings is 3. The average molecular weight is 300 g/mol. The summed E-state index contributed by atoms with van der Waals surface area (Å²) in [6.45, 7) is 0. The molecule has 3 aromatic carbocycles. The van der Waals surface area contributed by atoms with Crippen LogP contribution < -0.4 is 0 Å². The van der Waals surface area contributed by atoms with Crippen LogP contribution >= 0.6 is 0 Å². The minimum absolute atomic E-state index is 0.188. The van der Waals surface area contributed by atoms with Gasteiger partial charge in [-0.25, -0.2) is 0 Å². The number of methoxy groups -OCH3 is 1. The Balaban J connectivity index is 1.82. The molecule has 1 aliphatic rings. The van der Waals surface area contributed by atoms with Gasteiger partial charge >= 0.3 is 5.97 Å². The van der Waals surface area contributed by atoms with E-state index in [1.165, 1.54) is 17.9 Å². The van der Waals surface area contributed by atoms with Gasteiger partial charge in [0, 0.05) is 0 Å². The van der Waals surface area contributed by atoms with E-state index < -0.39 is 0 Å². The van der Waals surface area contributed by atoms with Crippen LogP contribution in [0.3, 0.4) is 0 Å². The third-order valence-corrected chi connectivity index (χ3v) is 4.37. The molecule has 0 aliphatic heterocycles. The Labute approximate surface area is 135 Å². The van der Waals surface area contributed by atoms with Crippen LogP contribution in [0.5, 0.6) is 0 Å². The minimum Gasteiger partial charge on any atom is -0.468 e. The molecule has 0 heterocycles. The normalized spacial score (nSPS) is 16.5. The number of esters is 1. The highest BCUT2D eigenvalue weighted by molar-refractivity contribution is 6.22. The Morgan fingerprint density at radius 3 is 2.17 bits per heavy atom. The van der Waals surface area contributed by atoms with E-state index in [9.17, 15) is 4.79 Å². The van der Waals surface area contributed by atoms with Gasteiger partial charge in [-0.15, -0.1) is 0 Å². The number of rotatable bonds is 3. The Hall–Kier alpha value is -2.87. The number of carbonyl (C=O) groups is 1. The monoisotopic (exact) mass is 300 g/mol. The fourth-order valence-electron chi connectivity index (χ4n) is 3.19. The zero-order chi connectivity index (χ0) is 15.8. The van der Waals surface area contributed by atoms with Gasteiger partial charge in [0.15, 0.2) is 0 Å². The molecule has 1 unspecified atom stereocenters. The second-order valence-electron chi connectivity index (χ2n) is 5.71. The van der Waals surface area contributed by atoms with E-state index in [4.69, 9.17) is 4.74 Å². The van der Waals surface area contributed by atoms with Gasteiger partial charge < -0.3 is 4.74 Å². The van der Waals surface area contributed by atoms with Gasteiger partial charge in [0.2, 0.25) is 0 Å². The van der Waals surface area contributed by atoms with Crippen molar-refractivity contribution < 1.29 is 9.53 Å². The maximum Gasteiger partial charge on any atom is 0.317 e. The second-order valence-corrected chi connectivity index (χ2v) is 5.71. The van der Waals surface area contributed by atoms with Crippen molar-refractivity contribution in [2.75, 3.05) is 7.11 Å². The third kappa shape index (κ3) is 2.33. The van der Waals surface area contributed by atoms with Crippen molar-refractivity contribution in [1.29, 1.82) is 0 Å². The molecule has 2 nitrogen and oxygen atoms in total. The van der Waals surface area contributed by atoms with Crippen molar-refractivity contribution in [3.05, 3.63) is 83.9 Å². The van der Waals surface area contributed by atoms with Gasteiger partial charge in [-0.05, 0) is 39.1 Å². The van der Waals surface area contributed by atoms with Gasteiger partial charge in [0.05, 0.1) is 7.11 Å². The lowest BCUT2D eigenvalue weighted by Crippen LogP contribution is -2.06. The van der Waals surface area contributed by atoms with Gasteiger partial charge in [0.25, 0.3) is 0 Å². The van der Waals surface area contributed by atoms with Crippen molar-refractivity contribution in [2.45, 2.75) is 0 Å². The van der Waals surface area contributed by atoms with E-state index in [2.05, 4.69) is 30.3 Å². The molecule has 0 aromatic heterocycles. The van der Waals surface area contributed by atoms with Crippen LogP contribution in [0.2, 0.25) is 0 Å². The number of hydrogen-bond donors (Lipinski definition) is 0. The molecule has 0 spiro atoms. The molecule has 0 N–H and O–H groups in total. The number of hydrogen-bond acceptors (Lipinski definition) is 2. The Kier molecular flexibility index (Phi) is 3.23. The molecule has 0 fully saturated rings. The first-order chi connectivity index (χ1) is 11.3. The Morgan fingerprint density at radius 2 is 1.43 bits per heavy atom. The zero-order valence-corrected chi connectivity index (χ0v) is 12.8. The minimum atomic E-state index is -0.247. The maximum atomic E-state index is 12.1. The summed E-state index contributed by atoms with van der Waals surface area (Å²) in [5.41, 5.74) is 4.34. The van der Waals surface area contributed by atoms with E-state index >= 15 is 0 Å². The molecule has 3 aromatic rings. The maximum absolute atomic E-state index is 12.1. The van der Waals surface area contributed by atoms with Crippen LogP contribution in [-0.4, -0.2) is 13.1 Å². The molecule has 2 heteroatoms. The highest BCUT2D eigenvalue weighted by atomic mass is 16.5. The molecule has 0 saturated carbocycles. The first kappa shape index (κ1) is 13.8. The van der Waals surface area contributed by atoms with Crippen LogP contribution in [0.1, 0.15) is 11.1 Å². The van der Waals surface area contributed by atoms with Gasteiger partial charge in [-0.1, -0.05) is 66.7 Å². The van der Waals surface area contributed by atoms with Crippen LogP contribution in [0, 0.1) is 5.92 Å². The smallest absolute Gasteiger partial charge is 0.317 e. The topological polar surface area (TPSA) is 26.3 Å². The van der Waals surface area contributed by atoms with Crippen molar-refractivity contribution in [3.63, 3.8) is 0 Å². The van der Waals surface area contributed by atoms with Gasteiger partial charge in [-0.2, -0.15) is 0 Å². The van der Waals surface area contributed by atoms with Crippen LogP contribution in [0.15, 0.2) is 72.8 Å². The highest BCUT2D eigenvalue weighted by Crippen LogP contribution is 2.53. The van der Waals surface area contributed by atoms with E-state index in [1.54, 1.807) is 0 Å². The quantitative estimate of drug-likeness (QED) is 0.663. The predicted molar refractivity (Wildman–Crippen MR) is 92.7 cm³/mol. The van der Waals surface area contributed by atoms with Crippen LogP contribution in [-0.2, 0) is 9.53 Å². The zero-order valence-electron chi connectivity index (χ0n) is 12.8. The Morgan fingerprint density at radius 1 is 0.783 bits per heavy atom. The third-order valence-electron chi connectivity index (χ3n) is 4.37. The van der Waals surface area contributed by atoms with E-state index in [0.717, 1.165) is 22.3 Å². The van der Waals surface area contributed by atoms with Gasteiger partial charge in [0.1, 0.15) is 5.92 Å². The molecule has 0 saturated heterocycles. The number of fused-ring (bicyclic) bond motifs is 1. The van der Waals surface area contributed by atoms with E-state index in [1.807, 2.05) is 42.5 Å². The summed E-state index contributed by atoms with van der Waals surface area (Å²) >= 11 is 0. The summed E-state index contributed by atoms with van der Waals surface area (Å²) in [6.07, 6.45) is 0. The molecular weight excluding hydrogens is 284 g/mol. The summed E-state index contributed by atoms with van der Waals surface area (Å²) < 4.78 is 4.98. The fourth-order valence-corrected chi connectivity index (χ4v) is 3.19. The molecule has 1 aliphatic carbocycles. The van der Waals surface area contributed by atoms with Crippen molar-refractivity contribution in [1.82, 2.24) is 0 Å². The van der Waals surface area contributed by atoms with Crippen LogP contribution in [0.25, 0.3) is 21.9 Å². The first-order valence-electron chi connectivity index (χ1n) is 7.66. The lowest BCUT2D eigenvalue weighted by atomic mass is 10.0. The second kappa shape index (κ2) is 5.40. The Bertz CT molecular complexity index is 923. The van der Waals surface area contributed by atoms with E-state index in [-0.39, 0.29) is 11.9 Å². The predicted octanol–water partition coefficient (Wildman–Crippen LogP) is 4.55. The summed E-state index contributed by atoms with van der Waals surface area (Å²) in [4.78, 5) is 12.1. The molecule has 23 heavy (non-hydrogen) atoms. The molecule has 0 bridgehead atoms. The highest BCUT2D eigenvalue weighted by Gasteiger charge is 2.44. The summed E-state index contributed by atoms with van der Waals surface area (Å²) in [5, 5.41) is 2.38. The molecule has 0 radical (unpaired) electrons. The van der Waals surface area contributed by atoms with E-state index in [0.29, 0.717) is 0 Å². The SMILES string of the molecule is COC(=O)C1C(c2ccccc2)=C1c1ccc2ccccc2c1. The fraction of sp³-hybridized carbons (Fsp3) is 0.0952. The number of ether oxygens (including phenoxy) is 1. The van der Waals surface area contributed by atoms with Crippen LogP contribution in [0.4, 0.5) is 0 Å². The standard InChI is InChI=1S/C21H16O2/c1-23-21(22)20-18(15-8-3-2-4-9-15)19(20)17-12-11-14-7-5-6-10-16(14)13-17/h2-13,20H,1H3. The molecule has 0 amide bonds. The summed E-state index contributed by atoms with van der Waals surface area (Å²) in [5.74, 6) is -0.435. The van der Waals surface area contributed by atoms with Crippen molar-refractivity contribution >= 4 is 27.9 Å². The molecular formula is C21H16O2. The lowest BCUT2D eigenvalue weighted by Gasteiger charge is -2.02. The van der Waals surface area contributed by atoms with Crippen molar-refractivity contribution in [2.24, 2.45) is 5.92 Å². The lowest BCUT2D eigenvalue weighted by molar-refractivity contribution is -0.140. The molecule has 4 rings (SSSR count). The summed E-state index contributed by atoms with van der Waals surface area (Å²) in [7, 11) is 1.45. The molecule has 1 atom stereocenters. The first-order valence-corrected chi connectivity index (χ1v) is 7.66. The molecule has 112 valence electrons. The van der Waals surface area contributed by atoms with Crippen molar-refractivity contribution in [3.8, 4) is 0 Å². The number of carbonyl (C=O) groups excluding carboxylic acids is 1. The average Bonchev–Trinajstić information content (AvgIpc) is 3.37. The summed E-state index contributed by atoms with van der Waals surface area (Å²) in [6, 6.07) is 24.6.